The zero-order valence-corrected chi connectivity index (χ0v) is 22.7. The first kappa shape index (κ1) is 28.1. The van der Waals surface area contributed by atoms with Crippen molar-refractivity contribution in [2.45, 2.75) is 53.5 Å². The Kier molecular flexibility index (Phi) is 10.9. The predicted octanol–water partition coefficient (Wildman–Crippen LogP) is 5.87. The number of ketones is 1. The topological polar surface area (TPSA) is 71.7 Å². The Morgan fingerprint density at radius 1 is 1.16 bits per heavy atom. The van der Waals surface area contributed by atoms with Gasteiger partial charge in [-0.3, -0.25) is 9.69 Å². The van der Waals surface area contributed by atoms with Crippen molar-refractivity contribution in [2.75, 3.05) is 37.7 Å². The maximum Gasteiger partial charge on any atom is 0.228 e. The third-order valence-electron chi connectivity index (χ3n) is 6.20. The molecule has 198 valence electrons. The second-order valence-corrected chi connectivity index (χ2v) is 9.09. The van der Waals surface area contributed by atoms with Gasteiger partial charge in [-0.2, -0.15) is 0 Å². The number of carbonyl (C=O) groups excluding carboxylic acids is 1. The van der Waals surface area contributed by atoms with Gasteiger partial charge in [-0.1, -0.05) is 25.1 Å². The van der Waals surface area contributed by atoms with Crippen LogP contribution in [-0.2, 0) is 17.8 Å². The van der Waals surface area contributed by atoms with Gasteiger partial charge in [0.25, 0.3) is 0 Å². The highest BCUT2D eigenvalue weighted by molar-refractivity contribution is 5.80. The van der Waals surface area contributed by atoms with Crippen LogP contribution < -0.4 is 9.64 Å². The Morgan fingerprint density at radius 2 is 1.97 bits per heavy atom. The Balaban J connectivity index is 1.57. The summed E-state index contributed by atoms with van der Waals surface area (Å²) in [6.45, 7) is 16.1. The van der Waals surface area contributed by atoms with Gasteiger partial charge < -0.3 is 14.1 Å². The smallest absolute Gasteiger partial charge is 0.228 e. The molecule has 0 unspecified atom stereocenters. The van der Waals surface area contributed by atoms with Crippen LogP contribution >= 0.6 is 0 Å². The summed E-state index contributed by atoms with van der Waals surface area (Å²) in [5.41, 5.74) is 2.84. The standard InChI is InChI=1S/C30H40N4O3/c1-6-11-26(35)22-33(17-7-2)21-24-12-10-13-27(19-24)36-18-16-28-23(5)37-30(32-28)25-14-15-29(31-20-25)34(8-3)9-4/h7,10,12-15,19-20H,2,6,8-9,11,16-18,21-22H2,1,3-5H3. The minimum Gasteiger partial charge on any atom is -0.493 e. The van der Waals surface area contributed by atoms with E-state index in [2.05, 4.69) is 41.3 Å². The molecular weight excluding hydrogens is 464 g/mol. The van der Waals surface area contributed by atoms with E-state index in [9.17, 15) is 4.79 Å². The molecule has 3 rings (SSSR count). The van der Waals surface area contributed by atoms with E-state index in [1.165, 1.54) is 0 Å². The van der Waals surface area contributed by atoms with E-state index in [1.807, 2.05) is 56.5 Å². The number of benzene rings is 1. The van der Waals surface area contributed by atoms with Crippen LogP contribution in [0, 0.1) is 6.92 Å². The minimum absolute atomic E-state index is 0.259. The lowest BCUT2D eigenvalue weighted by Crippen LogP contribution is -2.29. The van der Waals surface area contributed by atoms with Gasteiger partial charge in [0.1, 0.15) is 23.1 Å². The fraction of sp³-hybridized carbons (Fsp3) is 0.433. The number of oxazole rings is 1. The fourth-order valence-electron chi connectivity index (χ4n) is 4.26. The van der Waals surface area contributed by atoms with Crippen LogP contribution in [0.5, 0.6) is 5.75 Å². The van der Waals surface area contributed by atoms with Crippen LogP contribution in [0.4, 0.5) is 5.82 Å². The molecule has 0 saturated heterocycles. The Morgan fingerprint density at radius 3 is 2.65 bits per heavy atom. The molecule has 1 aromatic carbocycles. The van der Waals surface area contributed by atoms with Crippen molar-refractivity contribution in [3.05, 3.63) is 72.3 Å². The number of pyridine rings is 1. The lowest BCUT2D eigenvalue weighted by Gasteiger charge is -2.20. The van der Waals surface area contributed by atoms with Gasteiger partial charge in [0.2, 0.25) is 5.89 Å². The summed E-state index contributed by atoms with van der Waals surface area (Å²) in [7, 11) is 0. The molecule has 0 spiro atoms. The van der Waals surface area contributed by atoms with E-state index >= 15 is 0 Å². The van der Waals surface area contributed by atoms with E-state index in [1.54, 1.807) is 0 Å². The summed E-state index contributed by atoms with van der Waals surface area (Å²) in [5.74, 6) is 3.38. The van der Waals surface area contributed by atoms with Gasteiger partial charge in [-0.15, -0.1) is 6.58 Å². The number of rotatable bonds is 16. The summed E-state index contributed by atoms with van der Waals surface area (Å²) in [5, 5.41) is 0. The molecule has 0 aliphatic rings. The predicted molar refractivity (Wildman–Crippen MR) is 149 cm³/mol. The van der Waals surface area contributed by atoms with Crippen molar-refractivity contribution in [3.63, 3.8) is 0 Å². The summed E-state index contributed by atoms with van der Waals surface area (Å²) in [6, 6.07) is 12.0. The number of nitrogens with zero attached hydrogens (tertiary/aromatic N) is 4. The van der Waals surface area contributed by atoms with Crippen LogP contribution in [0.1, 0.15) is 50.6 Å². The molecule has 0 saturated carbocycles. The molecule has 7 nitrogen and oxygen atoms in total. The number of aromatic nitrogens is 2. The van der Waals surface area contributed by atoms with Crippen molar-refractivity contribution in [1.82, 2.24) is 14.9 Å². The molecule has 0 aliphatic heterocycles. The lowest BCUT2D eigenvalue weighted by molar-refractivity contribution is -0.120. The van der Waals surface area contributed by atoms with Crippen molar-refractivity contribution >= 4 is 11.6 Å². The highest BCUT2D eigenvalue weighted by atomic mass is 16.5. The Bertz CT molecular complexity index is 1140. The molecule has 2 aromatic heterocycles. The Hall–Kier alpha value is -3.45. The molecule has 0 amide bonds. The average Bonchev–Trinajstić information content (AvgIpc) is 3.26. The maximum atomic E-state index is 12.1. The minimum atomic E-state index is 0.259. The van der Waals surface area contributed by atoms with E-state index in [0.717, 1.165) is 53.7 Å². The number of hydrogen-bond donors (Lipinski definition) is 0. The largest absolute Gasteiger partial charge is 0.493 e. The fourth-order valence-corrected chi connectivity index (χ4v) is 4.26. The number of ether oxygens (including phenoxy) is 1. The molecule has 0 N–H and O–H groups in total. The van der Waals surface area contributed by atoms with E-state index in [0.29, 0.717) is 45.0 Å². The summed E-state index contributed by atoms with van der Waals surface area (Å²) in [4.78, 5) is 25.7. The maximum absolute atomic E-state index is 12.1. The normalized spacial score (nSPS) is 11.1. The van der Waals surface area contributed by atoms with Crippen LogP contribution in [0.2, 0.25) is 0 Å². The first-order valence-electron chi connectivity index (χ1n) is 13.2. The summed E-state index contributed by atoms with van der Waals surface area (Å²) in [6.07, 6.45) is 5.77. The van der Waals surface area contributed by atoms with E-state index in [-0.39, 0.29) is 5.78 Å². The molecule has 2 heterocycles. The van der Waals surface area contributed by atoms with E-state index < -0.39 is 0 Å². The number of hydrogen-bond acceptors (Lipinski definition) is 7. The van der Waals surface area contributed by atoms with Gasteiger partial charge in [-0.05, 0) is 57.0 Å². The van der Waals surface area contributed by atoms with Crippen molar-refractivity contribution in [3.8, 4) is 17.2 Å². The zero-order chi connectivity index (χ0) is 26.6. The molecule has 0 fully saturated rings. The van der Waals surface area contributed by atoms with Crippen molar-refractivity contribution in [2.24, 2.45) is 0 Å². The highest BCUT2D eigenvalue weighted by Crippen LogP contribution is 2.24. The molecule has 7 heteroatoms. The van der Waals surface area contributed by atoms with Crippen LogP contribution in [-0.4, -0.2) is 53.4 Å². The molecule has 0 radical (unpaired) electrons. The van der Waals surface area contributed by atoms with E-state index in [4.69, 9.17) is 14.1 Å². The number of anilines is 1. The monoisotopic (exact) mass is 504 g/mol. The van der Waals surface area contributed by atoms with Crippen LogP contribution in [0.3, 0.4) is 0 Å². The molecule has 0 atom stereocenters. The lowest BCUT2D eigenvalue weighted by atomic mass is 10.1. The average molecular weight is 505 g/mol. The number of aryl methyl sites for hydroxylation is 1. The van der Waals surface area contributed by atoms with Gasteiger partial charge in [0.05, 0.1) is 24.4 Å². The first-order chi connectivity index (χ1) is 18.0. The number of Topliss-reactive ketones (excluding diaryl/α,β-unsaturated/α-hetero) is 1. The summed E-state index contributed by atoms with van der Waals surface area (Å²) < 4.78 is 12.0. The second kappa shape index (κ2) is 14.3. The SMILES string of the molecule is C=CCN(CC(=O)CCC)Cc1cccc(OCCc2nc(-c3ccc(N(CC)CC)nc3)oc2C)c1. The molecular formula is C30H40N4O3. The van der Waals surface area contributed by atoms with Gasteiger partial charge in [-0.25, -0.2) is 9.97 Å². The highest BCUT2D eigenvalue weighted by Gasteiger charge is 2.14. The third kappa shape index (κ3) is 8.29. The van der Waals surface area contributed by atoms with Gasteiger partial charge >= 0.3 is 0 Å². The molecule has 0 bridgehead atoms. The summed E-state index contributed by atoms with van der Waals surface area (Å²) >= 11 is 0. The third-order valence-corrected chi connectivity index (χ3v) is 6.20. The zero-order valence-electron chi connectivity index (χ0n) is 22.7. The number of carbonyl (C=O) groups is 1. The molecule has 37 heavy (non-hydrogen) atoms. The van der Waals surface area contributed by atoms with Crippen molar-refractivity contribution < 1.29 is 13.9 Å². The second-order valence-electron chi connectivity index (χ2n) is 9.09. The first-order valence-corrected chi connectivity index (χ1v) is 13.2. The van der Waals surface area contributed by atoms with Crippen LogP contribution in [0.15, 0.2) is 59.7 Å². The molecule has 0 aliphatic carbocycles. The van der Waals surface area contributed by atoms with Crippen LogP contribution in [0.25, 0.3) is 11.5 Å². The van der Waals surface area contributed by atoms with Gasteiger partial charge in [0.15, 0.2) is 0 Å². The molecule has 3 aromatic rings. The Labute approximate surface area is 221 Å². The van der Waals surface area contributed by atoms with Gasteiger partial charge in [0, 0.05) is 45.2 Å². The quantitative estimate of drug-likeness (QED) is 0.226. The van der Waals surface area contributed by atoms with Crippen molar-refractivity contribution in [1.29, 1.82) is 0 Å².